The molecule has 5 nitrogen and oxygen atoms in total. The van der Waals surface area contributed by atoms with E-state index in [1.165, 1.54) is 0 Å². The second-order valence-electron chi connectivity index (χ2n) is 6.69. The van der Waals surface area contributed by atoms with Gasteiger partial charge in [-0.25, -0.2) is 0 Å². The molecular formula is C14H29N3O2S2. The van der Waals surface area contributed by atoms with Crippen molar-refractivity contribution in [1.29, 1.82) is 0 Å². The molecule has 0 radical (unpaired) electrons. The summed E-state index contributed by atoms with van der Waals surface area (Å²) in [6.07, 6.45) is 3.01. The molecule has 124 valence electrons. The van der Waals surface area contributed by atoms with E-state index in [9.17, 15) is 8.42 Å². The Balaban J connectivity index is 2.03. The SMILES string of the molecule is CNCC1CCCN(S(=O)(=O)N2CCSC(C)(C)CC2)C1. The number of rotatable bonds is 4. The van der Waals surface area contributed by atoms with Crippen molar-refractivity contribution in [3.63, 3.8) is 0 Å². The predicted molar refractivity (Wildman–Crippen MR) is 89.9 cm³/mol. The lowest BCUT2D eigenvalue weighted by Gasteiger charge is -2.35. The summed E-state index contributed by atoms with van der Waals surface area (Å²) in [5.74, 6) is 1.33. The van der Waals surface area contributed by atoms with Gasteiger partial charge < -0.3 is 5.32 Å². The van der Waals surface area contributed by atoms with Crippen molar-refractivity contribution in [2.75, 3.05) is 45.5 Å². The minimum atomic E-state index is -3.28. The Morgan fingerprint density at radius 1 is 1.24 bits per heavy atom. The first kappa shape index (κ1) is 17.5. The van der Waals surface area contributed by atoms with Crippen molar-refractivity contribution in [3.8, 4) is 0 Å². The van der Waals surface area contributed by atoms with Crippen molar-refractivity contribution in [2.24, 2.45) is 5.92 Å². The van der Waals surface area contributed by atoms with E-state index in [4.69, 9.17) is 0 Å². The Kier molecular flexibility index (Phi) is 5.99. The number of thioether (sulfide) groups is 1. The van der Waals surface area contributed by atoms with Gasteiger partial charge in [0.05, 0.1) is 0 Å². The van der Waals surface area contributed by atoms with Crippen LogP contribution in [0.5, 0.6) is 0 Å². The summed E-state index contributed by atoms with van der Waals surface area (Å²) in [6, 6.07) is 0. The molecule has 0 aromatic heterocycles. The summed E-state index contributed by atoms with van der Waals surface area (Å²) in [5, 5.41) is 3.17. The van der Waals surface area contributed by atoms with Crippen LogP contribution in [0.4, 0.5) is 0 Å². The second kappa shape index (κ2) is 7.17. The van der Waals surface area contributed by atoms with Gasteiger partial charge in [-0.05, 0) is 38.8 Å². The van der Waals surface area contributed by atoms with E-state index in [0.717, 1.165) is 31.6 Å². The van der Waals surface area contributed by atoms with Crippen LogP contribution < -0.4 is 5.32 Å². The van der Waals surface area contributed by atoms with E-state index in [-0.39, 0.29) is 4.75 Å². The molecule has 2 rings (SSSR count). The Bertz CT molecular complexity index is 438. The third-order valence-electron chi connectivity index (χ3n) is 4.42. The van der Waals surface area contributed by atoms with E-state index < -0.39 is 10.2 Å². The van der Waals surface area contributed by atoms with Gasteiger partial charge in [0.15, 0.2) is 0 Å². The molecule has 2 aliphatic rings. The molecule has 2 fully saturated rings. The predicted octanol–water partition coefficient (Wildman–Crippen LogP) is 1.38. The van der Waals surface area contributed by atoms with Gasteiger partial charge in [-0.2, -0.15) is 28.8 Å². The third kappa shape index (κ3) is 4.58. The molecule has 0 bridgehead atoms. The fourth-order valence-electron chi connectivity index (χ4n) is 3.09. The van der Waals surface area contributed by atoms with Gasteiger partial charge in [-0.15, -0.1) is 0 Å². The topological polar surface area (TPSA) is 52.7 Å². The summed E-state index contributed by atoms with van der Waals surface area (Å²) in [5.41, 5.74) is 0. The fourth-order valence-corrected chi connectivity index (χ4v) is 6.03. The highest BCUT2D eigenvalue weighted by Gasteiger charge is 2.35. The Labute approximate surface area is 134 Å². The zero-order chi connectivity index (χ0) is 15.5. The number of nitrogens with one attached hydrogen (secondary N) is 1. The number of hydrogen-bond donors (Lipinski definition) is 1. The maximum absolute atomic E-state index is 12.9. The van der Waals surface area contributed by atoms with Gasteiger partial charge in [0, 0.05) is 36.7 Å². The van der Waals surface area contributed by atoms with Gasteiger partial charge >= 0.3 is 0 Å². The molecule has 21 heavy (non-hydrogen) atoms. The lowest BCUT2D eigenvalue weighted by atomic mass is 10.00. The lowest BCUT2D eigenvalue weighted by molar-refractivity contribution is 0.245. The summed E-state index contributed by atoms with van der Waals surface area (Å²) >= 11 is 1.88. The van der Waals surface area contributed by atoms with Crippen molar-refractivity contribution < 1.29 is 8.42 Å². The van der Waals surface area contributed by atoms with Gasteiger partial charge in [-0.1, -0.05) is 13.8 Å². The molecule has 1 N–H and O–H groups in total. The Hall–Kier alpha value is 0.180. The molecule has 0 aliphatic carbocycles. The van der Waals surface area contributed by atoms with Crippen LogP contribution in [-0.4, -0.2) is 67.3 Å². The smallest absolute Gasteiger partial charge is 0.282 e. The zero-order valence-electron chi connectivity index (χ0n) is 13.5. The van der Waals surface area contributed by atoms with Gasteiger partial charge in [0.25, 0.3) is 10.2 Å². The van der Waals surface area contributed by atoms with Gasteiger partial charge in [0.1, 0.15) is 0 Å². The highest BCUT2D eigenvalue weighted by molar-refractivity contribution is 8.00. The van der Waals surface area contributed by atoms with Crippen molar-refractivity contribution in [3.05, 3.63) is 0 Å². The standard InChI is InChI=1S/C14H29N3O2S2/c1-14(2)6-8-16(9-10-20-14)21(18,19)17-7-4-5-13(12-17)11-15-3/h13,15H,4-12H2,1-3H3. The number of hydrogen-bond acceptors (Lipinski definition) is 4. The summed E-state index contributed by atoms with van der Waals surface area (Å²) in [7, 11) is -1.35. The molecule has 2 saturated heterocycles. The first-order valence-corrected chi connectivity index (χ1v) is 10.3. The van der Waals surface area contributed by atoms with Gasteiger partial charge in [-0.3, -0.25) is 0 Å². The Morgan fingerprint density at radius 2 is 2.00 bits per heavy atom. The normalized spacial score (nSPS) is 29.2. The van der Waals surface area contributed by atoms with E-state index in [1.54, 1.807) is 8.61 Å². The molecule has 0 spiro atoms. The maximum Gasteiger partial charge on any atom is 0.282 e. The highest BCUT2D eigenvalue weighted by atomic mass is 32.2. The minimum Gasteiger partial charge on any atom is -0.319 e. The van der Waals surface area contributed by atoms with Crippen LogP contribution >= 0.6 is 11.8 Å². The molecular weight excluding hydrogens is 306 g/mol. The van der Waals surface area contributed by atoms with Crippen LogP contribution in [-0.2, 0) is 10.2 Å². The summed E-state index contributed by atoms with van der Waals surface area (Å²) in [4.78, 5) is 0. The zero-order valence-corrected chi connectivity index (χ0v) is 15.1. The second-order valence-corrected chi connectivity index (χ2v) is 10.4. The van der Waals surface area contributed by atoms with E-state index in [1.807, 2.05) is 18.8 Å². The number of nitrogens with zero attached hydrogens (tertiary/aromatic N) is 2. The van der Waals surface area contributed by atoms with Crippen LogP contribution in [0.2, 0.25) is 0 Å². The number of piperidine rings is 1. The molecule has 2 heterocycles. The van der Waals surface area contributed by atoms with Crippen LogP contribution in [0.1, 0.15) is 33.1 Å². The first-order valence-electron chi connectivity index (χ1n) is 7.89. The summed E-state index contributed by atoms with van der Waals surface area (Å²) < 4.78 is 29.3. The summed E-state index contributed by atoms with van der Waals surface area (Å²) in [6.45, 7) is 7.94. The van der Waals surface area contributed by atoms with E-state index in [0.29, 0.717) is 32.1 Å². The first-order chi connectivity index (χ1) is 9.85. The van der Waals surface area contributed by atoms with E-state index >= 15 is 0 Å². The van der Waals surface area contributed by atoms with Crippen LogP contribution in [0.15, 0.2) is 0 Å². The van der Waals surface area contributed by atoms with Gasteiger partial charge in [0.2, 0.25) is 0 Å². The average molecular weight is 336 g/mol. The Morgan fingerprint density at radius 3 is 2.71 bits per heavy atom. The quantitative estimate of drug-likeness (QED) is 0.843. The average Bonchev–Trinajstić information content (AvgIpc) is 2.61. The highest BCUT2D eigenvalue weighted by Crippen LogP contribution is 2.32. The monoisotopic (exact) mass is 335 g/mol. The van der Waals surface area contributed by atoms with Crippen molar-refractivity contribution >= 4 is 22.0 Å². The molecule has 0 saturated carbocycles. The van der Waals surface area contributed by atoms with E-state index in [2.05, 4.69) is 19.2 Å². The molecule has 0 amide bonds. The molecule has 0 aromatic rings. The fraction of sp³-hybridized carbons (Fsp3) is 1.00. The third-order valence-corrected chi connectivity index (χ3v) is 7.80. The van der Waals surface area contributed by atoms with Crippen molar-refractivity contribution in [2.45, 2.75) is 37.9 Å². The van der Waals surface area contributed by atoms with Crippen molar-refractivity contribution in [1.82, 2.24) is 13.9 Å². The molecule has 0 aromatic carbocycles. The molecule has 2 aliphatic heterocycles. The van der Waals surface area contributed by atoms with Crippen LogP contribution in [0.3, 0.4) is 0 Å². The maximum atomic E-state index is 12.9. The minimum absolute atomic E-state index is 0.181. The van der Waals surface area contributed by atoms with Crippen LogP contribution in [0.25, 0.3) is 0 Å². The molecule has 1 unspecified atom stereocenters. The molecule has 1 atom stereocenters. The largest absolute Gasteiger partial charge is 0.319 e. The lowest BCUT2D eigenvalue weighted by Crippen LogP contribution is -2.49. The molecule has 7 heteroatoms. The van der Waals surface area contributed by atoms with Crippen LogP contribution in [0, 0.1) is 5.92 Å².